The molecule has 1 atom stereocenters. The van der Waals surface area contributed by atoms with E-state index in [1.54, 1.807) is 17.0 Å². The molecule has 3 aromatic rings. The normalized spacial score (nSPS) is 16.6. The minimum Gasteiger partial charge on any atom is -0.494 e. The van der Waals surface area contributed by atoms with E-state index in [0.717, 1.165) is 11.5 Å². The second-order valence-corrected chi connectivity index (χ2v) is 8.69. The summed E-state index contributed by atoms with van der Waals surface area (Å²) in [5, 5.41) is -0.0232. The quantitative estimate of drug-likeness (QED) is 0.362. The molecule has 0 aliphatic carbocycles. The number of amides is 1. The molecule has 1 fully saturated rings. The maximum absolute atomic E-state index is 13.4. The molecule has 6 nitrogen and oxygen atoms in total. The molecule has 7 heteroatoms. The Bertz CT molecular complexity index is 1160. The molecule has 1 aliphatic heterocycles. The third kappa shape index (κ3) is 5.48. The van der Waals surface area contributed by atoms with Crippen molar-refractivity contribution in [1.82, 2.24) is 0 Å². The maximum Gasteiger partial charge on any atom is 0.247 e. The lowest BCUT2D eigenvalue weighted by molar-refractivity contribution is -0.116. The van der Waals surface area contributed by atoms with Gasteiger partial charge in [0, 0.05) is 12.0 Å². The van der Waals surface area contributed by atoms with Crippen molar-refractivity contribution in [2.45, 2.75) is 25.5 Å². The maximum atomic E-state index is 13.4. The van der Waals surface area contributed by atoms with Crippen molar-refractivity contribution in [3.63, 3.8) is 0 Å². The SMILES string of the molecule is CCOc1ccc(N=C2SC(CC(=O)c3ccccc3)C(=O)N2c2ccc(OCC)cc2)cc1. The number of ketones is 1. The van der Waals surface area contributed by atoms with Gasteiger partial charge in [0.15, 0.2) is 11.0 Å². The summed E-state index contributed by atoms with van der Waals surface area (Å²) in [7, 11) is 0. The van der Waals surface area contributed by atoms with Crippen molar-refractivity contribution in [3.05, 3.63) is 84.4 Å². The molecule has 1 saturated heterocycles. The zero-order chi connectivity index (χ0) is 23.9. The van der Waals surface area contributed by atoms with Crippen LogP contribution in [0.25, 0.3) is 0 Å². The average Bonchev–Trinajstić information content (AvgIpc) is 3.16. The first-order valence-electron chi connectivity index (χ1n) is 11.2. The van der Waals surface area contributed by atoms with Crippen molar-refractivity contribution in [3.8, 4) is 11.5 Å². The molecule has 3 aromatic carbocycles. The van der Waals surface area contributed by atoms with Crippen molar-refractivity contribution in [1.29, 1.82) is 0 Å². The highest BCUT2D eigenvalue weighted by Gasteiger charge is 2.40. The number of rotatable bonds is 9. The summed E-state index contributed by atoms with van der Waals surface area (Å²) in [6, 6.07) is 23.8. The number of aliphatic imine (C=N–C) groups is 1. The second-order valence-electron chi connectivity index (χ2n) is 7.52. The fraction of sp³-hybridized carbons (Fsp3) is 0.222. The number of hydrogen-bond acceptors (Lipinski definition) is 6. The first kappa shape index (κ1) is 23.6. The zero-order valence-corrected chi connectivity index (χ0v) is 20.0. The van der Waals surface area contributed by atoms with Gasteiger partial charge < -0.3 is 9.47 Å². The van der Waals surface area contributed by atoms with E-state index >= 15 is 0 Å². The number of anilines is 1. The lowest BCUT2D eigenvalue weighted by atomic mass is 10.1. The van der Waals surface area contributed by atoms with E-state index in [4.69, 9.17) is 14.5 Å². The molecule has 0 radical (unpaired) electrons. The Balaban J connectivity index is 1.63. The Kier molecular flexibility index (Phi) is 7.65. The van der Waals surface area contributed by atoms with Gasteiger partial charge in [0.25, 0.3) is 0 Å². The summed E-state index contributed by atoms with van der Waals surface area (Å²) in [6.07, 6.45) is 0.101. The fourth-order valence-corrected chi connectivity index (χ4v) is 4.73. The van der Waals surface area contributed by atoms with Gasteiger partial charge in [-0.15, -0.1) is 0 Å². The minimum atomic E-state index is -0.555. The van der Waals surface area contributed by atoms with Crippen LogP contribution >= 0.6 is 11.8 Å². The summed E-state index contributed by atoms with van der Waals surface area (Å²) < 4.78 is 11.0. The molecule has 4 rings (SSSR count). The van der Waals surface area contributed by atoms with Crippen LogP contribution in [0.5, 0.6) is 11.5 Å². The highest BCUT2D eigenvalue weighted by molar-refractivity contribution is 8.16. The average molecular weight is 475 g/mol. The van der Waals surface area contributed by atoms with E-state index in [1.165, 1.54) is 11.8 Å². The van der Waals surface area contributed by atoms with Crippen LogP contribution in [-0.2, 0) is 4.79 Å². The van der Waals surface area contributed by atoms with Gasteiger partial charge in [-0.1, -0.05) is 42.1 Å². The first-order chi connectivity index (χ1) is 16.6. The van der Waals surface area contributed by atoms with Crippen LogP contribution in [-0.4, -0.2) is 35.3 Å². The standard InChI is InChI=1S/C27H26N2O4S/c1-3-32-22-14-10-20(11-15-22)28-27-29(21-12-16-23(17-13-21)33-4-2)26(31)25(34-27)18-24(30)19-8-6-5-7-9-19/h5-17,25H,3-4,18H2,1-2H3. The Hall–Kier alpha value is -3.58. The van der Waals surface area contributed by atoms with Crippen molar-refractivity contribution < 1.29 is 19.1 Å². The number of ether oxygens (including phenoxy) is 2. The fourth-order valence-electron chi connectivity index (χ4n) is 3.57. The molecule has 1 heterocycles. The van der Waals surface area contributed by atoms with Gasteiger partial charge in [0.1, 0.15) is 11.5 Å². The first-order valence-corrected chi connectivity index (χ1v) is 12.1. The Morgan fingerprint density at radius 2 is 1.47 bits per heavy atom. The lowest BCUT2D eigenvalue weighted by Crippen LogP contribution is -2.32. The van der Waals surface area contributed by atoms with Gasteiger partial charge in [-0.2, -0.15) is 0 Å². The van der Waals surface area contributed by atoms with Crippen LogP contribution in [0.1, 0.15) is 30.6 Å². The van der Waals surface area contributed by atoms with Crippen molar-refractivity contribution >= 4 is 40.0 Å². The molecule has 34 heavy (non-hydrogen) atoms. The minimum absolute atomic E-state index is 0.0691. The molecule has 174 valence electrons. The van der Waals surface area contributed by atoms with Crippen LogP contribution in [0.4, 0.5) is 11.4 Å². The van der Waals surface area contributed by atoms with Gasteiger partial charge in [0.2, 0.25) is 5.91 Å². The molecule has 0 saturated carbocycles. The summed E-state index contributed by atoms with van der Waals surface area (Å²) >= 11 is 1.31. The molecule has 0 spiro atoms. The van der Waals surface area contributed by atoms with Gasteiger partial charge in [-0.3, -0.25) is 14.5 Å². The molecule has 0 bridgehead atoms. The number of benzene rings is 3. The summed E-state index contributed by atoms with van der Waals surface area (Å²) in [4.78, 5) is 32.6. The smallest absolute Gasteiger partial charge is 0.247 e. The number of carbonyl (C=O) groups excluding carboxylic acids is 2. The van der Waals surface area contributed by atoms with E-state index in [0.29, 0.717) is 35.3 Å². The highest BCUT2D eigenvalue weighted by atomic mass is 32.2. The lowest BCUT2D eigenvalue weighted by Gasteiger charge is -2.17. The number of thioether (sulfide) groups is 1. The largest absolute Gasteiger partial charge is 0.494 e. The van der Waals surface area contributed by atoms with Crippen LogP contribution in [0.3, 0.4) is 0 Å². The Labute approximate surface area is 203 Å². The van der Waals surface area contributed by atoms with Crippen molar-refractivity contribution in [2.75, 3.05) is 18.1 Å². The third-order valence-corrected chi connectivity index (χ3v) is 6.32. The van der Waals surface area contributed by atoms with E-state index in [1.807, 2.05) is 80.6 Å². The Morgan fingerprint density at radius 1 is 0.882 bits per heavy atom. The summed E-state index contributed by atoms with van der Waals surface area (Å²) in [6.45, 7) is 5.00. The molecular formula is C27H26N2O4S. The van der Waals surface area contributed by atoms with Gasteiger partial charge in [-0.25, -0.2) is 4.99 Å². The van der Waals surface area contributed by atoms with E-state index in [9.17, 15) is 9.59 Å². The monoisotopic (exact) mass is 474 g/mol. The second kappa shape index (κ2) is 11.0. The predicted molar refractivity (Wildman–Crippen MR) is 137 cm³/mol. The number of hydrogen-bond donors (Lipinski definition) is 0. The molecule has 1 aliphatic rings. The van der Waals surface area contributed by atoms with Gasteiger partial charge in [-0.05, 0) is 62.4 Å². The van der Waals surface area contributed by atoms with Crippen LogP contribution in [0.2, 0.25) is 0 Å². The van der Waals surface area contributed by atoms with E-state index in [2.05, 4.69) is 0 Å². The van der Waals surface area contributed by atoms with Crippen LogP contribution in [0, 0.1) is 0 Å². The van der Waals surface area contributed by atoms with E-state index in [-0.39, 0.29) is 18.1 Å². The van der Waals surface area contributed by atoms with Gasteiger partial charge in [0.05, 0.1) is 29.8 Å². The molecule has 1 amide bonds. The number of nitrogens with zero attached hydrogens (tertiary/aromatic N) is 2. The zero-order valence-electron chi connectivity index (χ0n) is 19.1. The molecule has 0 N–H and O–H groups in total. The molecular weight excluding hydrogens is 448 g/mol. The predicted octanol–water partition coefficient (Wildman–Crippen LogP) is 5.89. The summed E-state index contributed by atoms with van der Waals surface area (Å²) in [5.74, 6) is 1.26. The Morgan fingerprint density at radius 3 is 2.06 bits per heavy atom. The van der Waals surface area contributed by atoms with Crippen LogP contribution in [0.15, 0.2) is 83.9 Å². The van der Waals surface area contributed by atoms with Crippen LogP contribution < -0.4 is 14.4 Å². The molecule has 1 unspecified atom stereocenters. The highest BCUT2D eigenvalue weighted by Crippen LogP contribution is 2.36. The van der Waals surface area contributed by atoms with E-state index < -0.39 is 5.25 Å². The topological polar surface area (TPSA) is 68.2 Å². The number of Topliss-reactive ketones (excluding diaryl/α,β-unsaturated/α-hetero) is 1. The summed E-state index contributed by atoms with van der Waals surface area (Å²) in [5.41, 5.74) is 1.98. The van der Waals surface area contributed by atoms with Crippen molar-refractivity contribution in [2.24, 2.45) is 4.99 Å². The van der Waals surface area contributed by atoms with Gasteiger partial charge >= 0.3 is 0 Å². The number of carbonyl (C=O) groups is 2. The molecule has 0 aromatic heterocycles. The number of amidine groups is 1. The third-order valence-electron chi connectivity index (χ3n) is 5.18.